The molecule has 0 amide bonds. The first-order chi connectivity index (χ1) is 10.7. The van der Waals surface area contributed by atoms with Crippen LogP contribution >= 0.6 is 0 Å². The number of hydrogen-bond donors (Lipinski definition) is 0. The van der Waals surface area contributed by atoms with Gasteiger partial charge in [0.25, 0.3) is 0 Å². The normalized spacial score (nSPS) is 18.7. The summed E-state index contributed by atoms with van der Waals surface area (Å²) in [4.78, 5) is 11.4. The maximum absolute atomic E-state index is 5.95. The van der Waals surface area contributed by atoms with Crippen LogP contribution in [0.25, 0.3) is 0 Å². The van der Waals surface area contributed by atoms with Gasteiger partial charge in [0.05, 0.1) is 13.2 Å². The van der Waals surface area contributed by atoms with Crippen LogP contribution in [-0.4, -0.2) is 29.7 Å². The first kappa shape index (κ1) is 15.0. The topological polar surface area (TPSA) is 51.4 Å². The lowest BCUT2D eigenvalue weighted by molar-refractivity contribution is 0.0868. The highest BCUT2D eigenvalue weighted by Gasteiger charge is 2.28. The summed E-state index contributed by atoms with van der Waals surface area (Å²) in [5.41, 5.74) is 1.07. The monoisotopic (exact) mass is 301 g/mol. The fraction of sp³-hybridized carbons (Fsp3) is 0.529. The lowest BCUT2D eigenvalue weighted by Gasteiger charge is -2.35. The first-order valence-electron chi connectivity index (χ1n) is 7.98. The van der Waals surface area contributed by atoms with E-state index in [4.69, 9.17) is 9.15 Å². The maximum atomic E-state index is 5.95. The van der Waals surface area contributed by atoms with E-state index in [1.165, 1.54) is 0 Å². The molecule has 1 fully saturated rings. The Morgan fingerprint density at radius 2 is 2.09 bits per heavy atom. The van der Waals surface area contributed by atoms with Crippen molar-refractivity contribution in [3.8, 4) is 0 Å². The van der Waals surface area contributed by atoms with E-state index in [1.54, 1.807) is 0 Å². The average molecular weight is 301 g/mol. The van der Waals surface area contributed by atoms with E-state index >= 15 is 0 Å². The second kappa shape index (κ2) is 6.48. The number of furan rings is 1. The third kappa shape index (κ3) is 2.99. The van der Waals surface area contributed by atoms with Gasteiger partial charge in [-0.1, -0.05) is 13.8 Å². The minimum atomic E-state index is 0.0769. The Morgan fingerprint density at radius 3 is 2.82 bits per heavy atom. The number of morpholine rings is 1. The van der Waals surface area contributed by atoms with E-state index in [0.717, 1.165) is 48.2 Å². The summed E-state index contributed by atoms with van der Waals surface area (Å²) >= 11 is 0. The Kier molecular flexibility index (Phi) is 4.43. The molecule has 0 spiro atoms. The number of nitrogens with zero attached hydrogens (tertiary/aromatic N) is 3. The molecule has 1 aliphatic heterocycles. The quantitative estimate of drug-likeness (QED) is 0.868. The van der Waals surface area contributed by atoms with Crippen LogP contribution < -0.4 is 4.90 Å². The third-order valence-corrected chi connectivity index (χ3v) is 4.02. The van der Waals surface area contributed by atoms with E-state index in [1.807, 2.05) is 13.0 Å². The van der Waals surface area contributed by atoms with Gasteiger partial charge < -0.3 is 14.1 Å². The molecular weight excluding hydrogens is 278 g/mol. The molecule has 1 saturated heterocycles. The molecule has 0 aliphatic carbocycles. The van der Waals surface area contributed by atoms with Crippen molar-refractivity contribution in [2.75, 3.05) is 24.7 Å². The van der Waals surface area contributed by atoms with Crippen LogP contribution in [0, 0.1) is 6.92 Å². The van der Waals surface area contributed by atoms with Crippen LogP contribution in [0.1, 0.15) is 42.9 Å². The lowest BCUT2D eigenvalue weighted by atomic mass is 10.1. The molecule has 5 heteroatoms. The maximum Gasteiger partial charge on any atom is 0.133 e. The van der Waals surface area contributed by atoms with Crippen LogP contribution in [0.3, 0.4) is 0 Å². The highest BCUT2D eigenvalue weighted by Crippen LogP contribution is 2.30. The molecule has 2 aromatic heterocycles. The van der Waals surface area contributed by atoms with Crippen LogP contribution in [0.4, 0.5) is 5.82 Å². The number of anilines is 1. The predicted octanol–water partition coefficient (Wildman–Crippen LogP) is 3.08. The predicted molar refractivity (Wildman–Crippen MR) is 85.1 cm³/mol. The highest BCUT2D eigenvalue weighted by atomic mass is 16.5. The minimum Gasteiger partial charge on any atom is -0.464 e. The fourth-order valence-corrected chi connectivity index (χ4v) is 2.82. The summed E-state index contributed by atoms with van der Waals surface area (Å²) in [6.07, 6.45) is 1.81. The molecule has 3 heterocycles. The molecule has 0 aromatic carbocycles. The van der Waals surface area contributed by atoms with Gasteiger partial charge in [-0.25, -0.2) is 9.97 Å². The summed E-state index contributed by atoms with van der Waals surface area (Å²) in [5, 5.41) is 0. The first-order valence-corrected chi connectivity index (χ1v) is 7.98. The fourth-order valence-electron chi connectivity index (χ4n) is 2.82. The van der Waals surface area contributed by atoms with Crippen molar-refractivity contribution in [3.63, 3.8) is 0 Å². The zero-order valence-corrected chi connectivity index (χ0v) is 13.5. The molecule has 0 saturated carbocycles. The van der Waals surface area contributed by atoms with Gasteiger partial charge in [-0.2, -0.15) is 0 Å². The van der Waals surface area contributed by atoms with Crippen molar-refractivity contribution < 1.29 is 9.15 Å². The SMILES string of the molecule is CCc1cc(N2CCOCC2c2ccc(CC)o2)nc(C)n1. The van der Waals surface area contributed by atoms with E-state index in [2.05, 4.69) is 40.8 Å². The van der Waals surface area contributed by atoms with Crippen LogP contribution in [0.5, 0.6) is 0 Å². The standard InChI is InChI=1S/C17H23N3O2/c1-4-13-10-17(19-12(3)18-13)20-8-9-21-11-15(20)16-7-6-14(5-2)22-16/h6-7,10,15H,4-5,8-9,11H2,1-3H3. The van der Waals surface area contributed by atoms with Crippen molar-refractivity contribution in [1.82, 2.24) is 9.97 Å². The Hall–Kier alpha value is -1.88. The number of hydrogen-bond acceptors (Lipinski definition) is 5. The van der Waals surface area contributed by atoms with Crippen LogP contribution in [-0.2, 0) is 17.6 Å². The van der Waals surface area contributed by atoms with Crippen molar-refractivity contribution in [1.29, 1.82) is 0 Å². The van der Waals surface area contributed by atoms with E-state index in [0.29, 0.717) is 13.2 Å². The Morgan fingerprint density at radius 1 is 1.23 bits per heavy atom. The van der Waals surface area contributed by atoms with Gasteiger partial charge in [0.2, 0.25) is 0 Å². The average Bonchev–Trinajstić information content (AvgIpc) is 3.03. The number of rotatable bonds is 4. The molecule has 1 aliphatic rings. The molecule has 22 heavy (non-hydrogen) atoms. The van der Waals surface area contributed by atoms with Gasteiger partial charge in [-0.05, 0) is 25.5 Å². The highest BCUT2D eigenvalue weighted by molar-refractivity contribution is 5.43. The summed E-state index contributed by atoms with van der Waals surface area (Å²) in [7, 11) is 0. The molecule has 0 N–H and O–H groups in total. The van der Waals surface area contributed by atoms with Gasteiger partial charge in [0.1, 0.15) is 29.2 Å². The second-order valence-electron chi connectivity index (χ2n) is 5.56. The van der Waals surface area contributed by atoms with Crippen LogP contribution in [0.2, 0.25) is 0 Å². The minimum absolute atomic E-state index is 0.0769. The molecular formula is C17H23N3O2. The van der Waals surface area contributed by atoms with Gasteiger partial charge in [0.15, 0.2) is 0 Å². The Balaban J connectivity index is 1.93. The summed E-state index contributed by atoms with van der Waals surface area (Å²) in [6, 6.07) is 6.26. The zero-order valence-electron chi connectivity index (χ0n) is 13.5. The van der Waals surface area contributed by atoms with Gasteiger partial charge in [0, 0.05) is 24.7 Å². The summed E-state index contributed by atoms with van der Waals surface area (Å²) in [6.45, 7) is 8.30. The van der Waals surface area contributed by atoms with Gasteiger partial charge in [-0.15, -0.1) is 0 Å². The van der Waals surface area contributed by atoms with Crippen molar-refractivity contribution in [2.24, 2.45) is 0 Å². The van der Waals surface area contributed by atoms with Crippen molar-refractivity contribution in [2.45, 2.75) is 39.7 Å². The largest absolute Gasteiger partial charge is 0.464 e. The smallest absolute Gasteiger partial charge is 0.133 e. The third-order valence-electron chi connectivity index (χ3n) is 4.02. The molecule has 0 bridgehead atoms. The Bertz CT molecular complexity index is 639. The van der Waals surface area contributed by atoms with E-state index < -0.39 is 0 Å². The molecule has 2 aromatic rings. The molecule has 118 valence electrons. The van der Waals surface area contributed by atoms with E-state index in [-0.39, 0.29) is 6.04 Å². The van der Waals surface area contributed by atoms with Crippen molar-refractivity contribution in [3.05, 3.63) is 41.2 Å². The second-order valence-corrected chi connectivity index (χ2v) is 5.56. The van der Waals surface area contributed by atoms with Crippen molar-refractivity contribution >= 4 is 5.82 Å². The number of aryl methyl sites for hydroxylation is 3. The molecule has 1 atom stereocenters. The van der Waals surface area contributed by atoms with E-state index in [9.17, 15) is 0 Å². The Labute approximate surface area is 131 Å². The molecule has 3 rings (SSSR count). The van der Waals surface area contributed by atoms with Gasteiger partial charge in [-0.3, -0.25) is 0 Å². The number of ether oxygens (including phenoxy) is 1. The summed E-state index contributed by atoms with van der Waals surface area (Å²) in [5.74, 6) is 3.74. The zero-order chi connectivity index (χ0) is 15.5. The van der Waals surface area contributed by atoms with Crippen LogP contribution in [0.15, 0.2) is 22.6 Å². The molecule has 0 radical (unpaired) electrons. The number of aromatic nitrogens is 2. The molecule has 5 nitrogen and oxygen atoms in total. The summed E-state index contributed by atoms with van der Waals surface area (Å²) < 4.78 is 11.6. The lowest BCUT2D eigenvalue weighted by Crippen LogP contribution is -2.40. The van der Waals surface area contributed by atoms with Gasteiger partial charge >= 0.3 is 0 Å². The molecule has 1 unspecified atom stereocenters.